The Kier molecular flexibility index (Phi) is 4.78. The molecule has 2 amide bonds. The van der Waals surface area contributed by atoms with E-state index in [2.05, 4.69) is 10.6 Å². The molecule has 2 rings (SSSR count). The highest BCUT2D eigenvalue weighted by Crippen LogP contribution is 2.25. The van der Waals surface area contributed by atoms with E-state index in [1.165, 1.54) is 6.92 Å². The van der Waals surface area contributed by atoms with Gasteiger partial charge in [0.2, 0.25) is 5.91 Å². The van der Waals surface area contributed by atoms with Gasteiger partial charge in [0, 0.05) is 18.2 Å². The molecule has 0 atom stereocenters. The van der Waals surface area contributed by atoms with E-state index >= 15 is 0 Å². The molecule has 5 nitrogen and oxygen atoms in total. The Balaban J connectivity index is 2.15. The number of methoxy groups -OCH3 is 1. The van der Waals surface area contributed by atoms with Crippen LogP contribution >= 0.6 is 0 Å². The molecule has 0 aliphatic carbocycles. The minimum Gasteiger partial charge on any atom is -0.495 e. The third kappa shape index (κ3) is 3.85. The number of aryl methyl sites for hydroxylation is 1. The Labute approximate surface area is 129 Å². The van der Waals surface area contributed by atoms with E-state index in [1.807, 2.05) is 25.1 Å². The second-order valence-corrected chi connectivity index (χ2v) is 4.92. The average molecular weight is 298 g/mol. The Morgan fingerprint density at radius 2 is 1.68 bits per heavy atom. The number of nitrogens with one attached hydrogen (secondary N) is 2. The molecule has 2 aromatic rings. The quantitative estimate of drug-likeness (QED) is 0.910. The van der Waals surface area contributed by atoms with Crippen LogP contribution < -0.4 is 15.4 Å². The summed E-state index contributed by atoms with van der Waals surface area (Å²) in [4.78, 5) is 23.2. The summed E-state index contributed by atoms with van der Waals surface area (Å²) in [7, 11) is 1.56. The number of carbonyl (C=O) groups excluding carboxylic acids is 2. The van der Waals surface area contributed by atoms with E-state index in [-0.39, 0.29) is 11.8 Å². The second kappa shape index (κ2) is 6.76. The average Bonchev–Trinajstić information content (AvgIpc) is 2.47. The molecule has 0 aliphatic heterocycles. The van der Waals surface area contributed by atoms with Crippen molar-refractivity contribution in [1.82, 2.24) is 0 Å². The van der Waals surface area contributed by atoms with Gasteiger partial charge in [-0.3, -0.25) is 9.59 Å². The molecule has 114 valence electrons. The maximum absolute atomic E-state index is 12.3. The molecule has 0 spiro atoms. The van der Waals surface area contributed by atoms with Gasteiger partial charge in [-0.05, 0) is 48.9 Å². The predicted molar refractivity (Wildman–Crippen MR) is 86.4 cm³/mol. The first kappa shape index (κ1) is 15.6. The van der Waals surface area contributed by atoms with E-state index in [4.69, 9.17) is 4.74 Å². The van der Waals surface area contributed by atoms with Gasteiger partial charge >= 0.3 is 0 Å². The zero-order valence-corrected chi connectivity index (χ0v) is 12.8. The molecule has 0 radical (unpaired) electrons. The fourth-order valence-electron chi connectivity index (χ4n) is 2.02. The molecule has 0 fully saturated rings. The van der Waals surface area contributed by atoms with Gasteiger partial charge in [-0.1, -0.05) is 6.07 Å². The number of benzene rings is 2. The van der Waals surface area contributed by atoms with Crippen LogP contribution in [-0.2, 0) is 4.79 Å². The third-order valence-corrected chi connectivity index (χ3v) is 3.07. The van der Waals surface area contributed by atoms with E-state index in [0.717, 1.165) is 5.56 Å². The van der Waals surface area contributed by atoms with E-state index in [1.54, 1.807) is 31.4 Å². The molecule has 0 saturated heterocycles. The van der Waals surface area contributed by atoms with Crippen molar-refractivity contribution in [2.75, 3.05) is 17.7 Å². The highest BCUT2D eigenvalue weighted by molar-refractivity contribution is 6.05. The third-order valence-electron chi connectivity index (χ3n) is 3.07. The first-order valence-corrected chi connectivity index (χ1v) is 6.83. The van der Waals surface area contributed by atoms with Crippen LogP contribution in [-0.4, -0.2) is 18.9 Å². The summed E-state index contributed by atoms with van der Waals surface area (Å²) < 4.78 is 5.24. The summed E-state index contributed by atoms with van der Waals surface area (Å²) in [6.45, 7) is 3.38. The lowest BCUT2D eigenvalue weighted by Gasteiger charge is -2.11. The Hall–Kier alpha value is -2.82. The van der Waals surface area contributed by atoms with E-state index in [0.29, 0.717) is 22.7 Å². The van der Waals surface area contributed by atoms with Gasteiger partial charge in [-0.2, -0.15) is 0 Å². The summed E-state index contributed by atoms with van der Waals surface area (Å²) in [5, 5.41) is 5.48. The molecule has 0 bridgehead atoms. The van der Waals surface area contributed by atoms with Crippen LogP contribution in [0.3, 0.4) is 0 Å². The fraction of sp³-hybridized carbons (Fsp3) is 0.176. The molecule has 0 unspecified atom stereocenters. The normalized spacial score (nSPS) is 9.95. The molecule has 0 aromatic heterocycles. The van der Waals surface area contributed by atoms with Gasteiger partial charge in [-0.15, -0.1) is 0 Å². The Morgan fingerprint density at radius 1 is 1.00 bits per heavy atom. The summed E-state index contributed by atoms with van der Waals surface area (Å²) in [5.74, 6) is 0.216. The maximum atomic E-state index is 12.3. The lowest BCUT2D eigenvalue weighted by Crippen LogP contribution is -2.13. The largest absolute Gasteiger partial charge is 0.495 e. The minimum absolute atomic E-state index is 0.151. The number of carbonyl (C=O) groups is 2. The molecule has 22 heavy (non-hydrogen) atoms. The van der Waals surface area contributed by atoms with Crippen molar-refractivity contribution in [3.8, 4) is 5.75 Å². The number of hydrogen-bond donors (Lipinski definition) is 2. The van der Waals surface area contributed by atoms with Crippen molar-refractivity contribution >= 4 is 23.2 Å². The summed E-state index contributed by atoms with van der Waals surface area (Å²) in [6, 6.07) is 12.3. The van der Waals surface area contributed by atoms with E-state index < -0.39 is 0 Å². The van der Waals surface area contributed by atoms with Crippen molar-refractivity contribution in [2.45, 2.75) is 13.8 Å². The molecule has 0 aliphatic rings. The lowest BCUT2D eigenvalue weighted by molar-refractivity contribution is -0.114. The summed E-state index contributed by atoms with van der Waals surface area (Å²) in [6.07, 6.45) is 0. The summed E-state index contributed by atoms with van der Waals surface area (Å²) in [5.41, 5.74) is 2.80. The molecule has 2 aromatic carbocycles. The number of rotatable bonds is 4. The van der Waals surface area contributed by atoms with E-state index in [9.17, 15) is 9.59 Å². The van der Waals surface area contributed by atoms with Crippen LogP contribution in [0.15, 0.2) is 42.5 Å². The van der Waals surface area contributed by atoms with Gasteiger partial charge in [0.1, 0.15) is 5.75 Å². The van der Waals surface area contributed by atoms with Crippen LogP contribution in [0.1, 0.15) is 22.8 Å². The first-order valence-electron chi connectivity index (χ1n) is 6.83. The second-order valence-electron chi connectivity index (χ2n) is 4.92. The van der Waals surface area contributed by atoms with Gasteiger partial charge in [0.05, 0.1) is 12.8 Å². The summed E-state index contributed by atoms with van der Waals surface area (Å²) >= 11 is 0. The van der Waals surface area contributed by atoms with Crippen molar-refractivity contribution in [3.63, 3.8) is 0 Å². The number of hydrogen-bond acceptors (Lipinski definition) is 3. The van der Waals surface area contributed by atoms with Crippen molar-refractivity contribution in [2.24, 2.45) is 0 Å². The number of ether oxygens (including phenoxy) is 1. The van der Waals surface area contributed by atoms with Crippen molar-refractivity contribution in [3.05, 3.63) is 53.6 Å². The fourth-order valence-corrected chi connectivity index (χ4v) is 2.02. The van der Waals surface area contributed by atoms with Crippen LogP contribution in [0.2, 0.25) is 0 Å². The molecule has 0 heterocycles. The van der Waals surface area contributed by atoms with Gasteiger partial charge in [0.25, 0.3) is 5.91 Å². The van der Waals surface area contributed by atoms with Gasteiger partial charge in [-0.25, -0.2) is 0 Å². The van der Waals surface area contributed by atoms with Gasteiger partial charge in [0.15, 0.2) is 0 Å². The SMILES string of the molecule is COc1ccc(C)cc1NC(=O)c1ccc(NC(C)=O)cc1. The first-order chi connectivity index (χ1) is 10.5. The molecular weight excluding hydrogens is 280 g/mol. The molecular formula is C17H18N2O3. The van der Waals surface area contributed by atoms with Crippen molar-refractivity contribution in [1.29, 1.82) is 0 Å². The van der Waals surface area contributed by atoms with Crippen LogP contribution in [0, 0.1) is 6.92 Å². The Morgan fingerprint density at radius 3 is 2.27 bits per heavy atom. The molecule has 0 saturated carbocycles. The standard InChI is InChI=1S/C17H18N2O3/c1-11-4-9-16(22-3)15(10-11)19-17(21)13-5-7-14(8-6-13)18-12(2)20/h4-10H,1-3H3,(H,18,20)(H,19,21). The topological polar surface area (TPSA) is 67.4 Å². The zero-order chi connectivity index (χ0) is 16.1. The maximum Gasteiger partial charge on any atom is 0.255 e. The van der Waals surface area contributed by atoms with Crippen LogP contribution in [0.25, 0.3) is 0 Å². The van der Waals surface area contributed by atoms with Crippen LogP contribution in [0.4, 0.5) is 11.4 Å². The highest BCUT2D eigenvalue weighted by Gasteiger charge is 2.10. The lowest BCUT2D eigenvalue weighted by atomic mass is 10.1. The van der Waals surface area contributed by atoms with Crippen molar-refractivity contribution < 1.29 is 14.3 Å². The smallest absolute Gasteiger partial charge is 0.255 e. The minimum atomic E-state index is -0.238. The number of amides is 2. The molecule has 5 heteroatoms. The molecule has 2 N–H and O–H groups in total. The zero-order valence-electron chi connectivity index (χ0n) is 12.8. The van der Waals surface area contributed by atoms with Gasteiger partial charge < -0.3 is 15.4 Å². The van der Waals surface area contributed by atoms with Crippen LogP contribution in [0.5, 0.6) is 5.75 Å². The predicted octanol–water partition coefficient (Wildman–Crippen LogP) is 3.21. The number of anilines is 2. The highest BCUT2D eigenvalue weighted by atomic mass is 16.5. The Bertz CT molecular complexity index is 694. The monoisotopic (exact) mass is 298 g/mol.